The van der Waals surface area contributed by atoms with E-state index in [1.54, 1.807) is 0 Å². The summed E-state index contributed by atoms with van der Waals surface area (Å²) in [5.41, 5.74) is 0. The summed E-state index contributed by atoms with van der Waals surface area (Å²) >= 11 is 0. The third-order valence-electron chi connectivity index (χ3n) is 13.8. The molecule has 0 saturated carbocycles. The molecular weight excluding hydrogens is 829 g/mol. The summed E-state index contributed by atoms with van der Waals surface area (Å²) in [6, 6.07) is 0. The van der Waals surface area contributed by atoms with Gasteiger partial charge in [0, 0.05) is 19.3 Å². The van der Waals surface area contributed by atoms with Crippen LogP contribution in [0.4, 0.5) is 0 Å². The molecule has 0 saturated heterocycles. The second kappa shape index (κ2) is 56.7. The van der Waals surface area contributed by atoms with Crippen molar-refractivity contribution in [3.63, 3.8) is 0 Å². The summed E-state index contributed by atoms with van der Waals surface area (Å²) in [5.74, 6) is -0.848. The molecule has 0 rings (SSSR count). The van der Waals surface area contributed by atoms with E-state index in [0.29, 0.717) is 19.3 Å². The van der Waals surface area contributed by atoms with Gasteiger partial charge >= 0.3 is 17.9 Å². The van der Waals surface area contributed by atoms with Crippen molar-refractivity contribution in [3.05, 3.63) is 12.2 Å². The van der Waals surface area contributed by atoms with Crippen LogP contribution >= 0.6 is 0 Å². The SMILES string of the molecule is CCCCCC/C=C\CCCCCCCC(=O)OC[C@H](COC(=O)CCCCCCCCCCCCCCCCCCC)OC(=O)CCCCCCCCCCCCCCCCCCCCC. The van der Waals surface area contributed by atoms with Gasteiger partial charge < -0.3 is 14.2 Å². The first kappa shape index (κ1) is 65.1. The molecule has 0 radical (unpaired) electrons. The van der Waals surface area contributed by atoms with Gasteiger partial charge in [0.15, 0.2) is 6.10 Å². The zero-order valence-corrected chi connectivity index (χ0v) is 45.5. The van der Waals surface area contributed by atoms with E-state index in [1.807, 2.05) is 0 Å². The van der Waals surface area contributed by atoms with Crippen LogP contribution in [0.2, 0.25) is 0 Å². The Balaban J connectivity index is 4.29. The molecule has 6 nitrogen and oxygen atoms in total. The summed E-state index contributed by atoms with van der Waals surface area (Å²) < 4.78 is 16.9. The van der Waals surface area contributed by atoms with Crippen LogP contribution < -0.4 is 0 Å². The molecule has 0 aromatic rings. The topological polar surface area (TPSA) is 78.9 Å². The molecule has 0 bridgehead atoms. The van der Waals surface area contributed by atoms with Crippen LogP contribution in [0.1, 0.15) is 342 Å². The van der Waals surface area contributed by atoms with Crippen LogP contribution in [0.5, 0.6) is 0 Å². The molecule has 0 unspecified atom stereocenters. The lowest BCUT2D eigenvalue weighted by atomic mass is 10.0. The zero-order valence-electron chi connectivity index (χ0n) is 45.5. The fraction of sp³-hybridized carbons (Fsp3) is 0.918. The van der Waals surface area contributed by atoms with Crippen molar-refractivity contribution >= 4 is 17.9 Å². The van der Waals surface area contributed by atoms with Gasteiger partial charge in [-0.15, -0.1) is 0 Å². The van der Waals surface area contributed by atoms with Crippen molar-refractivity contribution in [2.24, 2.45) is 0 Å². The van der Waals surface area contributed by atoms with Gasteiger partial charge in [-0.3, -0.25) is 14.4 Å². The van der Waals surface area contributed by atoms with Gasteiger partial charge in [0.05, 0.1) is 0 Å². The molecule has 396 valence electrons. The first-order chi connectivity index (χ1) is 33.0. The average molecular weight is 946 g/mol. The zero-order chi connectivity index (χ0) is 48.6. The summed E-state index contributed by atoms with van der Waals surface area (Å²) in [7, 11) is 0. The van der Waals surface area contributed by atoms with Gasteiger partial charge in [0.2, 0.25) is 0 Å². The van der Waals surface area contributed by atoms with E-state index in [1.165, 1.54) is 238 Å². The molecule has 0 aliphatic carbocycles. The minimum Gasteiger partial charge on any atom is -0.462 e. The largest absolute Gasteiger partial charge is 0.462 e. The number of carbonyl (C=O) groups excluding carboxylic acids is 3. The van der Waals surface area contributed by atoms with Gasteiger partial charge in [-0.1, -0.05) is 290 Å². The molecule has 67 heavy (non-hydrogen) atoms. The van der Waals surface area contributed by atoms with E-state index in [4.69, 9.17) is 14.2 Å². The quantitative estimate of drug-likeness (QED) is 0.0262. The van der Waals surface area contributed by atoms with Gasteiger partial charge in [-0.05, 0) is 44.9 Å². The molecule has 0 spiro atoms. The molecule has 0 heterocycles. The van der Waals surface area contributed by atoms with E-state index in [-0.39, 0.29) is 31.1 Å². The standard InChI is InChI=1S/C61H116O6/c1-4-7-10-13-16-19-22-25-27-29-30-32-34-37-40-43-46-49-52-55-61(64)67-58(56-65-59(62)53-50-47-44-41-38-35-24-21-18-15-12-9-6-3)57-66-60(63)54-51-48-45-42-39-36-33-31-28-26-23-20-17-14-11-8-5-2/h21,24,58H,4-20,22-23,25-57H2,1-3H3/b24-21-/t58-/m1/s1. The van der Waals surface area contributed by atoms with Crippen LogP contribution in [0.3, 0.4) is 0 Å². The van der Waals surface area contributed by atoms with Crippen molar-refractivity contribution < 1.29 is 28.6 Å². The Labute approximate surface area is 418 Å². The Morgan fingerprint density at radius 2 is 0.493 bits per heavy atom. The average Bonchev–Trinajstić information content (AvgIpc) is 3.33. The molecule has 1 atom stereocenters. The number of esters is 3. The monoisotopic (exact) mass is 945 g/mol. The number of rotatable bonds is 56. The lowest BCUT2D eigenvalue weighted by molar-refractivity contribution is -0.167. The van der Waals surface area contributed by atoms with Crippen LogP contribution in [-0.4, -0.2) is 37.2 Å². The molecule has 0 aromatic heterocycles. The minimum absolute atomic E-state index is 0.0663. The number of allylic oxidation sites excluding steroid dienone is 2. The maximum atomic E-state index is 12.9. The Hall–Kier alpha value is -1.85. The van der Waals surface area contributed by atoms with Crippen molar-refractivity contribution in [3.8, 4) is 0 Å². The van der Waals surface area contributed by atoms with E-state index in [0.717, 1.165) is 64.2 Å². The molecule has 0 aliphatic heterocycles. The lowest BCUT2D eigenvalue weighted by Gasteiger charge is -2.18. The van der Waals surface area contributed by atoms with Crippen LogP contribution in [0.25, 0.3) is 0 Å². The normalized spacial score (nSPS) is 12.0. The van der Waals surface area contributed by atoms with Crippen molar-refractivity contribution in [1.29, 1.82) is 0 Å². The van der Waals surface area contributed by atoms with E-state index < -0.39 is 6.10 Å². The maximum absolute atomic E-state index is 12.9. The van der Waals surface area contributed by atoms with Crippen LogP contribution in [0, 0.1) is 0 Å². The fourth-order valence-electron chi connectivity index (χ4n) is 9.21. The Bertz CT molecular complexity index is 1040. The van der Waals surface area contributed by atoms with Crippen LogP contribution in [-0.2, 0) is 28.6 Å². The highest BCUT2D eigenvalue weighted by molar-refractivity contribution is 5.71. The highest BCUT2D eigenvalue weighted by atomic mass is 16.6. The maximum Gasteiger partial charge on any atom is 0.306 e. The molecular formula is C61H116O6. The van der Waals surface area contributed by atoms with Crippen molar-refractivity contribution in [2.75, 3.05) is 13.2 Å². The van der Waals surface area contributed by atoms with Gasteiger partial charge in [-0.25, -0.2) is 0 Å². The van der Waals surface area contributed by atoms with Crippen molar-refractivity contribution in [2.45, 2.75) is 348 Å². The summed E-state index contributed by atoms with van der Waals surface area (Å²) in [4.78, 5) is 38.2. The number of hydrogen-bond acceptors (Lipinski definition) is 6. The number of ether oxygens (including phenoxy) is 3. The Kier molecular flexibility index (Phi) is 55.2. The first-order valence-electron chi connectivity index (χ1n) is 30.2. The molecule has 0 aromatic carbocycles. The fourth-order valence-corrected chi connectivity index (χ4v) is 9.21. The second-order valence-corrected chi connectivity index (χ2v) is 20.6. The molecule has 0 N–H and O–H groups in total. The lowest BCUT2D eigenvalue weighted by Crippen LogP contribution is -2.30. The van der Waals surface area contributed by atoms with E-state index in [9.17, 15) is 14.4 Å². The number of hydrogen-bond donors (Lipinski definition) is 0. The van der Waals surface area contributed by atoms with E-state index in [2.05, 4.69) is 32.9 Å². The van der Waals surface area contributed by atoms with Gasteiger partial charge in [0.1, 0.15) is 13.2 Å². The second-order valence-electron chi connectivity index (χ2n) is 20.6. The molecule has 0 aliphatic rings. The smallest absolute Gasteiger partial charge is 0.306 e. The Morgan fingerprint density at radius 3 is 0.761 bits per heavy atom. The van der Waals surface area contributed by atoms with Crippen molar-refractivity contribution in [1.82, 2.24) is 0 Å². The third kappa shape index (κ3) is 55.0. The number of unbranched alkanes of at least 4 members (excludes halogenated alkanes) is 43. The highest BCUT2D eigenvalue weighted by Crippen LogP contribution is 2.18. The molecule has 6 heteroatoms. The van der Waals surface area contributed by atoms with Crippen LogP contribution in [0.15, 0.2) is 12.2 Å². The predicted octanol–water partition coefficient (Wildman–Crippen LogP) is 20.1. The summed E-state index contributed by atoms with van der Waals surface area (Å²) in [5, 5.41) is 0. The van der Waals surface area contributed by atoms with E-state index >= 15 is 0 Å². The van der Waals surface area contributed by atoms with Gasteiger partial charge in [-0.2, -0.15) is 0 Å². The Morgan fingerprint density at radius 1 is 0.284 bits per heavy atom. The number of carbonyl (C=O) groups is 3. The summed E-state index contributed by atoms with van der Waals surface area (Å²) in [6.45, 7) is 6.69. The first-order valence-corrected chi connectivity index (χ1v) is 30.2. The minimum atomic E-state index is -0.768. The third-order valence-corrected chi connectivity index (χ3v) is 13.8. The predicted molar refractivity (Wildman–Crippen MR) is 289 cm³/mol. The molecule has 0 amide bonds. The molecule has 0 fully saturated rings. The van der Waals surface area contributed by atoms with Gasteiger partial charge in [0.25, 0.3) is 0 Å². The highest BCUT2D eigenvalue weighted by Gasteiger charge is 2.19. The summed E-state index contributed by atoms with van der Waals surface area (Å²) in [6.07, 6.45) is 64.9.